The van der Waals surface area contributed by atoms with Crippen molar-refractivity contribution in [2.24, 2.45) is 0 Å². The third-order valence-electron chi connectivity index (χ3n) is 5.21. The van der Waals surface area contributed by atoms with Crippen molar-refractivity contribution in [1.82, 2.24) is 15.0 Å². The fraction of sp³-hybridized carbons (Fsp3) is 0.522. The van der Waals surface area contributed by atoms with E-state index in [9.17, 15) is 18.0 Å². The van der Waals surface area contributed by atoms with Crippen LogP contribution in [0.15, 0.2) is 46.4 Å². The second kappa shape index (κ2) is 13.1. The first kappa shape index (κ1) is 26.5. The van der Waals surface area contributed by atoms with Gasteiger partial charge in [0.15, 0.2) is 16.1 Å². The van der Waals surface area contributed by atoms with Crippen molar-refractivity contribution in [2.75, 3.05) is 17.7 Å². The van der Waals surface area contributed by atoms with Gasteiger partial charge in [-0.15, -0.1) is 11.3 Å². The van der Waals surface area contributed by atoms with Gasteiger partial charge in [-0.2, -0.15) is 13.2 Å². The molecule has 0 aromatic carbocycles. The van der Waals surface area contributed by atoms with E-state index in [-0.39, 0.29) is 23.7 Å². The molecular weight excluding hydrogens is 485 g/mol. The molecule has 0 saturated carbocycles. The molecule has 2 aromatic heterocycles. The van der Waals surface area contributed by atoms with Gasteiger partial charge in [-0.25, -0.2) is 9.97 Å². The van der Waals surface area contributed by atoms with Gasteiger partial charge in [0.1, 0.15) is 5.69 Å². The lowest BCUT2D eigenvalue weighted by atomic mass is 9.99. The number of aromatic amines is 1. The molecular formula is C23H29F3N4O2S2. The Morgan fingerprint density at radius 1 is 1.29 bits per heavy atom. The highest BCUT2D eigenvalue weighted by molar-refractivity contribution is 7.99. The average Bonchev–Trinajstić information content (AvgIpc) is 3.49. The molecule has 3 rings (SSSR count). The number of nitrogens with one attached hydrogen (secondary N) is 2. The number of thiazole rings is 1. The number of unbranched alkanes of at least 4 members (excludes halogenated alkanes) is 5. The lowest BCUT2D eigenvalue weighted by Crippen LogP contribution is -2.29. The summed E-state index contributed by atoms with van der Waals surface area (Å²) < 4.78 is 46.6. The number of carbonyl (C=O) groups excluding carboxylic acids is 1. The average molecular weight is 515 g/mol. The van der Waals surface area contributed by atoms with Crippen LogP contribution in [-0.4, -0.2) is 45.4 Å². The molecule has 1 aliphatic rings. The zero-order valence-corrected chi connectivity index (χ0v) is 20.6. The van der Waals surface area contributed by atoms with Gasteiger partial charge in [-0.3, -0.25) is 4.79 Å². The number of hydrogen-bond donors (Lipinski definition) is 2. The smallest absolute Gasteiger partial charge is 0.373 e. The molecule has 11 heteroatoms. The fourth-order valence-electron chi connectivity index (χ4n) is 3.42. The van der Waals surface area contributed by atoms with Crippen molar-refractivity contribution in [3.05, 3.63) is 46.9 Å². The van der Waals surface area contributed by atoms with Crippen molar-refractivity contribution >= 4 is 34.0 Å². The van der Waals surface area contributed by atoms with Gasteiger partial charge >= 0.3 is 6.18 Å². The lowest BCUT2D eigenvalue weighted by molar-refractivity contribution is -0.111. The molecule has 6 nitrogen and oxygen atoms in total. The van der Waals surface area contributed by atoms with Crippen LogP contribution in [0.25, 0.3) is 0 Å². The first-order valence-electron chi connectivity index (χ1n) is 11.3. The van der Waals surface area contributed by atoms with Gasteiger partial charge in [0.25, 0.3) is 0 Å². The summed E-state index contributed by atoms with van der Waals surface area (Å²) in [5.74, 6) is -0.0206. The maximum atomic E-state index is 13.7. The van der Waals surface area contributed by atoms with Crippen LogP contribution in [0.1, 0.15) is 62.4 Å². The molecule has 1 atom stereocenters. The number of allylic oxidation sites excluding steroid dienone is 1. The van der Waals surface area contributed by atoms with Crippen LogP contribution < -0.4 is 5.32 Å². The standard InChI is InChI=1S/C23H29F3N4O2S2/c1-2-3-4-5-6-7-12-32-20-9-8-16(13-17(20)23(24,25)26)29-22-30-18(14-33-22)19(31)15-34-21-27-10-11-28-21/h8,10-11,13-14,20H,2-7,9,12,15H2,1H3,(H,27,28)(H,29,30). The normalized spacial score (nSPS) is 16.3. The number of ether oxygens (including phenoxy) is 1. The number of alkyl halides is 3. The molecule has 0 saturated heterocycles. The van der Waals surface area contributed by atoms with E-state index in [0.717, 1.165) is 38.2 Å². The molecule has 1 aliphatic carbocycles. The highest BCUT2D eigenvalue weighted by Crippen LogP contribution is 2.35. The Hall–Kier alpha value is -2.11. The van der Waals surface area contributed by atoms with E-state index in [1.807, 2.05) is 0 Å². The van der Waals surface area contributed by atoms with Gasteiger partial charge in [0, 0.05) is 30.1 Å². The molecule has 0 fully saturated rings. The minimum atomic E-state index is -4.49. The van der Waals surface area contributed by atoms with Crippen molar-refractivity contribution in [2.45, 2.75) is 69.3 Å². The van der Waals surface area contributed by atoms with Gasteiger partial charge in [-0.05, 0) is 18.9 Å². The number of imidazole rings is 1. The van der Waals surface area contributed by atoms with E-state index in [2.05, 4.69) is 27.2 Å². The maximum Gasteiger partial charge on any atom is 0.415 e. The Bertz CT molecular complexity index is 971. The summed E-state index contributed by atoms with van der Waals surface area (Å²) in [7, 11) is 0. The lowest BCUT2D eigenvalue weighted by Gasteiger charge is -2.26. The van der Waals surface area contributed by atoms with E-state index in [1.165, 1.54) is 29.5 Å². The highest BCUT2D eigenvalue weighted by Gasteiger charge is 2.40. The number of thioether (sulfide) groups is 1. The van der Waals surface area contributed by atoms with E-state index in [1.54, 1.807) is 23.8 Å². The molecule has 1 unspecified atom stereocenters. The van der Waals surface area contributed by atoms with Crippen molar-refractivity contribution in [1.29, 1.82) is 0 Å². The van der Waals surface area contributed by atoms with Crippen LogP contribution in [0, 0.1) is 0 Å². The quantitative estimate of drug-likeness (QED) is 0.164. The van der Waals surface area contributed by atoms with Crippen LogP contribution in [0.4, 0.5) is 18.3 Å². The van der Waals surface area contributed by atoms with E-state index in [0.29, 0.717) is 22.6 Å². The molecule has 0 bridgehead atoms. The highest BCUT2D eigenvalue weighted by atomic mass is 32.2. The Morgan fingerprint density at radius 2 is 2.09 bits per heavy atom. The minimum Gasteiger partial charge on any atom is -0.373 e. The third kappa shape index (κ3) is 8.28. The van der Waals surface area contributed by atoms with Crippen molar-refractivity contribution < 1.29 is 22.7 Å². The number of aromatic nitrogens is 3. The number of ketones is 1. The molecule has 186 valence electrons. The summed E-state index contributed by atoms with van der Waals surface area (Å²) in [4.78, 5) is 23.5. The summed E-state index contributed by atoms with van der Waals surface area (Å²) in [5.41, 5.74) is -0.139. The topological polar surface area (TPSA) is 79.9 Å². The summed E-state index contributed by atoms with van der Waals surface area (Å²) in [6.07, 6.45) is 6.95. The summed E-state index contributed by atoms with van der Waals surface area (Å²) >= 11 is 2.43. The molecule has 0 radical (unpaired) electrons. The molecule has 2 aromatic rings. The second-order valence-corrected chi connectivity index (χ2v) is 9.71. The zero-order chi connectivity index (χ0) is 24.4. The Balaban J connectivity index is 1.52. The van der Waals surface area contributed by atoms with Crippen LogP contribution in [-0.2, 0) is 4.74 Å². The molecule has 0 aliphatic heterocycles. The maximum absolute atomic E-state index is 13.7. The number of Topliss-reactive ketones (excluding diaryl/α,β-unsaturated/α-hetero) is 1. The largest absolute Gasteiger partial charge is 0.415 e. The number of carbonyl (C=O) groups is 1. The Kier molecular flexibility index (Phi) is 10.2. The van der Waals surface area contributed by atoms with E-state index >= 15 is 0 Å². The van der Waals surface area contributed by atoms with Gasteiger partial charge < -0.3 is 15.0 Å². The predicted molar refractivity (Wildman–Crippen MR) is 129 cm³/mol. The number of hydrogen-bond acceptors (Lipinski definition) is 7. The van der Waals surface area contributed by atoms with Crippen LogP contribution in [0.2, 0.25) is 0 Å². The Labute approximate surface area is 205 Å². The molecule has 0 spiro atoms. The van der Waals surface area contributed by atoms with Crippen LogP contribution >= 0.6 is 23.1 Å². The number of rotatable bonds is 14. The van der Waals surface area contributed by atoms with Crippen molar-refractivity contribution in [3.8, 4) is 0 Å². The first-order valence-corrected chi connectivity index (χ1v) is 13.2. The number of halogens is 3. The molecule has 0 amide bonds. The SMILES string of the molecule is CCCCCCCCOC1CC=C(Nc2nc(C(=O)CSc3ncc[nH]3)cs2)C=C1C(F)(F)F. The molecule has 2 N–H and O–H groups in total. The summed E-state index contributed by atoms with van der Waals surface area (Å²) in [5, 5.41) is 5.49. The van der Waals surface area contributed by atoms with Crippen LogP contribution in [0.5, 0.6) is 0 Å². The predicted octanol–water partition coefficient (Wildman–Crippen LogP) is 6.78. The van der Waals surface area contributed by atoms with Gasteiger partial charge in [0.05, 0.1) is 17.4 Å². The summed E-state index contributed by atoms with van der Waals surface area (Å²) in [6, 6.07) is 0. The molecule has 34 heavy (non-hydrogen) atoms. The number of nitrogens with zero attached hydrogens (tertiary/aromatic N) is 2. The van der Waals surface area contributed by atoms with E-state index < -0.39 is 17.9 Å². The van der Waals surface area contributed by atoms with Gasteiger partial charge in [0.2, 0.25) is 0 Å². The van der Waals surface area contributed by atoms with Gasteiger partial charge in [-0.1, -0.05) is 56.9 Å². The molecule has 2 heterocycles. The number of anilines is 1. The van der Waals surface area contributed by atoms with Crippen molar-refractivity contribution in [3.63, 3.8) is 0 Å². The summed E-state index contributed by atoms with van der Waals surface area (Å²) in [6.45, 7) is 2.46. The monoisotopic (exact) mass is 514 g/mol. The van der Waals surface area contributed by atoms with Crippen LogP contribution in [0.3, 0.4) is 0 Å². The van der Waals surface area contributed by atoms with E-state index in [4.69, 9.17) is 4.74 Å². The third-order valence-corrected chi connectivity index (χ3v) is 6.87. The minimum absolute atomic E-state index is 0.125. The Morgan fingerprint density at radius 3 is 2.82 bits per heavy atom. The second-order valence-electron chi connectivity index (χ2n) is 7.89. The first-order chi connectivity index (χ1) is 16.4. The number of H-pyrrole nitrogens is 1. The fourth-order valence-corrected chi connectivity index (χ4v) is 4.86. The zero-order valence-electron chi connectivity index (χ0n) is 19.0.